The number of rotatable bonds is 5. The van der Waals surface area contributed by atoms with Crippen molar-refractivity contribution in [3.05, 3.63) is 63.7 Å². The maximum absolute atomic E-state index is 13.1. The standard InChI is InChI=1S/C22H20ClN5O5/c23-15-8-13(5-4-11(15)9-24)26-22(33)25-10-12-2-1-3-14-18(12)21(32)28(20(14)31)16-6-7-17(29)27-19(16)30/h1-5,8,16H,6-7,9-10,24H2,(H2,25,26,33)(H,27,29,30). The second-order valence-corrected chi connectivity index (χ2v) is 8.01. The van der Waals surface area contributed by atoms with Gasteiger partial charge in [0.1, 0.15) is 6.04 Å². The molecule has 6 amide bonds. The third-order valence-corrected chi connectivity index (χ3v) is 5.88. The number of imide groups is 2. The van der Waals surface area contributed by atoms with Gasteiger partial charge in [0, 0.05) is 30.2 Å². The second-order valence-electron chi connectivity index (χ2n) is 7.60. The van der Waals surface area contributed by atoms with Gasteiger partial charge in [0.25, 0.3) is 11.8 Å². The summed E-state index contributed by atoms with van der Waals surface area (Å²) in [6.45, 7) is 0.235. The number of urea groups is 1. The number of carbonyl (C=O) groups excluding carboxylic acids is 5. The van der Waals surface area contributed by atoms with Crippen LogP contribution in [0.4, 0.5) is 10.5 Å². The van der Waals surface area contributed by atoms with Crippen molar-refractivity contribution in [2.75, 3.05) is 5.32 Å². The summed E-state index contributed by atoms with van der Waals surface area (Å²) in [7, 11) is 0. The van der Waals surface area contributed by atoms with Gasteiger partial charge in [-0.15, -0.1) is 0 Å². The number of carbonyl (C=O) groups is 5. The molecule has 0 bridgehead atoms. The Morgan fingerprint density at radius 2 is 1.91 bits per heavy atom. The smallest absolute Gasteiger partial charge is 0.319 e. The van der Waals surface area contributed by atoms with E-state index in [1.165, 1.54) is 6.07 Å². The number of nitrogens with two attached hydrogens (primary N) is 1. The molecule has 2 aliphatic rings. The molecule has 1 atom stereocenters. The summed E-state index contributed by atoms with van der Waals surface area (Å²) in [6, 6.07) is 8.05. The maximum Gasteiger partial charge on any atom is 0.319 e. The molecule has 10 nitrogen and oxygen atoms in total. The van der Waals surface area contributed by atoms with Gasteiger partial charge in [-0.05, 0) is 35.7 Å². The number of halogens is 1. The monoisotopic (exact) mass is 469 g/mol. The molecule has 0 saturated carbocycles. The zero-order valence-electron chi connectivity index (χ0n) is 17.3. The number of hydrogen-bond donors (Lipinski definition) is 4. The molecular formula is C22H20ClN5O5. The Morgan fingerprint density at radius 3 is 2.61 bits per heavy atom. The third kappa shape index (κ3) is 4.30. The fraction of sp³-hybridized carbons (Fsp3) is 0.227. The van der Waals surface area contributed by atoms with Crippen LogP contribution in [0.15, 0.2) is 36.4 Å². The predicted octanol–water partition coefficient (Wildman–Crippen LogP) is 1.52. The molecule has 4 rings (SSSR count). The normalized spacial score (nSPS) is 17.6. The number of benzene rings is 2. The van der Waals surface area contributed by atoms with Crippen molar-refractivity contribution in [1.82, 2.24) is 15.5 Å². The number of nitrogens with one attached hydrogen (secondary N) is 3. The number of amides is 6. The molecule has 0 radical (unpaired) electrons. The van der Waals surface area contributed by atoms with Gasteiger partial charge in [-0.25, -0.2) is 4.79 Å². The molecule has 170 valence electrons. The lowest BCUT2D eigenvalue weighted by Gasteiger charge is -2.27. The van der Waals surface area contributed by atoms with Gasteiger partial charge in [-0.2, -0.15) is 0 Å². The highest BCUT2D eigenvalue weighted by molar-refractivity contribution is 6.31. The topological polar surface area (TPSA) is 151 Å². The minimum absolute atomic E-state index is 0.0359. The van der Waals surface area contributed by atoms with Crippen LogP contribution in [-0.2, 0) is 22.7 Å². The molecule has 2 aromatic carbocycles. The van der Waals surface area contributed by atoms with Crippen molar-refractivity contribution < 1.29 is 24.0 Å². The Kier molecular flexibility index (Phi) is 6.12. The molecule has 0 aromatic heterocycles. The van der Waals surface area contributed by atoms with Gasteiger partial charge < -0.3 is 16.4 Å². The lowest BCUT2D eigenvalue weighted by molar-refractivity contribution is -0.136. The lowest BCUT2D eigenvalue weighted by atomic mass is 10.0. The maximum atomic E-state index is 13.1. The van der Waals surface area contributed by atoms with Crippen LogP contribution in [0.2, 0.25) is 5.02 Å². The van der Waals surface area contributed by atoms with Crippen molar-refractivity contribution in [2.24, 2.45) is 5.73 Å². The Bertz CT molecular complexity index is 1200. The molecule has 0 spiro atoms. The van der Waals surface area contributed by atoms with E-state index in [1.807, 2.05) is 0 Å². The van der Waals surface area contributed by atoms with Gasteiger partial charge in [0.05, 0.1) is 11.1 Å². The molecule has 0 aliphatic carbocycles. The molecule has 1 saturated heterocycles. The van der Waals surface area contributed by atoms with E-state index in [1.54, 1.807) is 30.3 Å². The van der Waals surface area contributed by atoms with Crippen molar-refractivity contribution >= 4 is 46.9 Å². The SMILES string of the molecule is NCc1ccc(NC(=O)NCc2cccc3c2C(=O)N(C2CCC(=O)NC2=O)C3=O)cc1Cl. The van der Waals surface area contributed by atoms with Crippen molar-refractivity contribution in [3.8, 4) is 0 Å². The highest BCUT2D eigenvalue weighted by Gasteiger charge is 2.45. The summed E-state index contributed by atoms with van der Waals surface area (Å²) in [5.41, 5.74) is 7.48. The van der Waals surface area contributed by atoms with E-state index in [-0.39, 0.29) is 37.1 Å². The van der Waals surface area contributed by atoms with Crippen molar-refractivity contribution in [3.63, 3.8) is 0 Å². The number of anilines is 1. The quantitative estimate of drug-likeness (QED) is 0.487. The van der Waals surface area contributed by atoms with Crippen molar-refractivity contribution in [1.29, 1.82) is 0 Å². The Hall–Kier alpha value is -3.76. The summed E-state index contributed by atoms with van der Waals surface area (Å²) < 4.78 is 0. The zero-order chi connectivity index (χ0) is 23.7. The minimum atomic E-state index is -1.06. The van der Waals surface area contributed by atoms with E-state index in [0.29, 0.717) is 16.3 Å². The van der Waals surface area contributed by atoms with Crippen LogP contribution in [0.5, 0.6) is 0 Å². The first kappa shape index (κ1) is 22.4. The highest BCUT2D eigenvalue weighted by Crippen LogP contribution is 2.30. The predicted molar refractivity (Wildman–Crippen MR) is 118 cm³/mol. The van der Waals surface area contributed by atoms with Gasteiger partial charge >= 0.3 is 6.03 Å². The third-order valence-electron chi connectivity index (χ3n) is 5.52. The largest absolute Gasteiger partial charge is 0.334 e. The molecule has 33 heavy (non-hydrogen) atoms. The average molecular weight is 470 g/mol. The fourth-order valence-corrected chi connectivity index (χ4v) is 4.13. The summed E-state index contributed by atoms with van der Waals surface area (Å²) in [4.78, 5) is 62.8. The van der Waals surface area contributed by atoms with E-state index >= 15 is 0 Å². The molecule has 2 heterocycles. The lowest BCUT2D eigenvalue weighted by Crippen LogP contribution is -2.54. The number of piperidine rings is 1. The Balaban J connectivity index is 1.48. The highest BCUT2D eigenvalue weighted by atomic mass is 35.5. The van der Waals surface area contributed by atoms with Crippen molar-refractivity contribution in [2.45, 2.75) is 32.0 Å². The van der Waals surface area contributed by atoms with Gasteiger partial charge in [0.2, 0.25) is 11.8 Å². The van der Waals surface area contributed by atoms with Crippen LogP contribution in [0, 0.1) is 0 Å². The van der Waals surface area contributed by atoms with Crippen LogP contribution in [-0.4, -0.2) is 40.6 Å². The molecule has 1 fully saturated rings. The summed E-state index contributed by atoms with van der Waals surface area (Å²) in [6.07, 6.45) is 0.103. The zero-order valence-corrected chi connectivity index (χ0v) is 18.1. The molecule has 1 unspecified atom stereocenters. The fourth-order valence-electron chi connectivity index (χ4n) is 3.87. The average Bonchev–Trinajstić information content (AvgIpc) is 3.03. The molecule has 5 N–H and O–H groups in total. The van der Waals surface area contributed by atoms with E-state index in [2.05, 4.69) is 16.0 Å². The van der Waals surface area contributed by atoms with E-state index in [0.717, 1.165) is 10.5 Å². The van der Waals surface area contributed by atoms with E-state index in [4.69, 9.17) is 17.3 Å². The van der Waals surface area contributed by atoms with Gasteiger partial charge in [-0.3, -0.25) is 29.4 Å². The first-order valence-corrected chi connectivity index (χ1v) is 10.5. The Morgan fingerprint density at radius 1 is 1.12 bits per heavy atom. The number of hydrogen-bond acceptors (Lipinski definition) is 6. The molecule has 11 heteroatoms. The first-order valence-electron chi connectivity index (χ1n) is 10.2. The van der Waals surface area contributed by atoms with Gasteiger partial charge in [-0.1, -0.05) is 29.8 Å². The summed E-state index contributed by atoms with van der Waals surface area (Å²) in [5, 5.41) is 7.87. The van der Waals surface area contributed by atoms with Crippen LogP contribution in [0.25, 0.3) is 0 Å². The number of nitrogens with zero attached hydrogens (tertiary/aromatic N) is 1. The van der Waals surface area contributed by atoms with Crippen LogP contribution in [0.1, 0.15) is 44.7 Å². The van der Waals surface area contributed by atoms with Crippen LogP contribution >= 0.6 is 11.6 Å². The molecular weight excluding hydrogens is 450 g/mol. The Labute approximate surface area is 193 Å². The molecule has 2 aliphatic heterocycles. The van der Waals surface area contributed by atoms with E-state index in [9.17, 15) is 24.0 Å². The van der Waals surface area contributed by atoms with E-state index < -0.39 is 35.7 Å². The van der Waals surface area contributed by atoms with Crippen LogP contribution in [0.3, 0.4) is 0 Å². The van der Waals surface area contributed by atoms with Crippen LogP contribution < -0.4 is 21.7 Å². The summed E-state index contributed by atoms with van der Waals surface area (Å²) >= 11 is 6.10. The second kappa shape index (κ2) is 9.00. The number of fused-ring (bicyclic) bond motifs is 1. The van der Waals surface area contributed by atoms with Gasteiger partial charge in [0.15, 0.2) is 0 Å². The first-order chi connectivity index (χ1) is 15.8. The molecule has 2 aromatic rings. The minimum Gasteiger partial charge on any atom is -0.334 e. The summed E-state index contributed by atoms with van der Waals surface area (Å²) in [5.74, 6) is -2.36.